The number of aromatic amines is 1. The number of nitrogens with one attached hydrogen (secondary N) is 1. The summed E-state index contributed by atoms with van der Waals surface area (Å²) in [5, 5.41) is 10.2. The molecule has 0 spiro atoms. The van der Waals surface area contributed by atoms with E-state index in [-0.39, 0.29) is 23.7 Å². The van der Waals surface area contributed by atoms with Crippen LogP contribution in [0.25, 0.3) is 5.76 Å². The highest BCUT2D eigenvalue weighted by Gasteiger charge is 2.34. The highest BCUT2D eigenvalue weighted by molar-refractivity contribution is 6.46. The second-order valence-corrected chi connectivity index (χ2v) is 5.52. The smallest absolute Gasteiger partial charge is 0.294 e. The van der Waals surface area contributed by atoms with Crippen LogP contribution in [0.4, 0.5) is 4.39 Å². The number of carbonyl (C=O) groups excluding carboxylic acids is 2. The van der Waals surface area contributed by atoms with E-state index in [1.165, 1.54) is 24.1 Å². The Bertz CT molecular complexity index is 806. The number of benzene rings is 1. The Hall–Kier alpha value is -2.89. The Kier molecular flexibility index (Phi) is 3.73. The number of ketones is 1. The highest BCUT2D eigenvalue weighted by atomic mass is 19.1. The van der Waals surface area contributed by atoms with Crippen LogP contribution in [-0.4, -0.2) is 40.3 Å². The third-order valence-electron chi connectivity index (χ3n) is 3.81. The lowest BCUT2D eigenvalue weighted by molar-refractivity contribution is -0.138. The standard InChI is InChI=1S/C17H15FN2O3/c1-20-9-13(16(22)17(20)23)15(21)14-7-6-12(19-14)8-10-2-4-11(18)5-3-10/h2-7,19,21H,8-9H2,1H3/b15-13-. The maximum absolute atomic E-state index is 12.9. The van der Waals surface area contributed by atoms with Crippen molar-refractivity contribution in [1.29, 1.82) is 0 Å². The van der Waals surface area contributed by atoms with Gasteiger partial charge in [0.15, 0.2) is 0 Å². The van der Waals surface area contributed by atoms with Crippen molar-refractivity contribution >= 4 is 17.4 Å². The van der Waals surface area contributed by atoms with Crippen LogP contribution >= 0.6 is 0 Å². The third kappa shape index (κ3) is 2.88. The van der Waals surface area contributed by atoms with Gasteiger partial charge in [0.1, 0.15) is 11.6 Å². The van der Waals surface area contributed by atoms with Crippen molar-refractivity contribution in [2.75, 3.05) is 13.6 Å². The molecule has 0 radical (unpaired) electrons. The average molecular weight is 314 g/mol. The van der Waals surface area contributed by atoms with Gasteiger partial charge in [-0.1, -0.05) is 12.1 Å². The van der Waals surface area contributed by atoms with E-state index in [4.69, 9.17) is 0 Å². The predicted octanol–water partition coefficient (Wildman–Crippen LogP) is 2.05. The van der Waals surface area contributed by atoms with E-state index in [9.17, 15) is 19.1 Å². The van der Waals surface area contributed by atoms with E-state index in [2.05, 4.69) is 4.98 Å². The van der Waals surface area contributed by atoms with Gasteiger partial charge in [-0.25, -0.2) is 4.39 Å². The first-order valence-corrected chi connectivity index (χ1v) is 7.10. The summed E-state index contributed by atoms with van der Waals surface area (Å²) in [5.41, 5.74) is 2.20. The molecular formula is C17H15FN2O3. The van der Waals surface area contributed by atoms with E-state index in [0.29, 0.717) is 12.1 Å². The quantitative estimate of drug-likeness (QED) is 0.517. The number of hydrogen-bond donors (Lipinski definition) is 2. The molecule has 5 nitrogen and oxygen atoms in total. The zero-order valence-electron chi connectivity index (χ0n) is 12.5. The molecule has 0 saturated carbocycles. The Morgan fingerprint density at radius 2 is 1.91 bits per heavy atom. The summed E-state index contributed by atoms with van der Waals surface area (Å²) >= 11 is 0. The minimum absolute atomic E-state index is 0.0904. The van der Waals surface area contributed by atoms with Crippen molar-refractivity contribution in [3.05, 3.63) is 64.7 Å². The minimum atomic E-state index is -0.681. The predicted molar refractivity (Wildman–Crippen MR) is 82.2 cm³/mol. The number of H-pyrrole nitrogens is 1. The molecule has 3 rings (SSSR count). The van der Waals surface area contributed by atoms with Crippen LogP contribution in [0.15, 0.2) is 42.0 Å². The summed E-state index contributed by atoms with van der Waals surface area (Å²) in [6.45, 7) is 0.0931. The maximum atomic E-state index is 12.9. The molecule has 1 aliphatic heterocycles. The van der Waals surface area contributed by atoms with Crippen LogP contribution in [0.2, 0.25) is 0 Å². The molecule has 0 aliphatic carbocycles. The Labute approximate surface area is 132 Å². The van der Waals surface area contributed by atoms with Gasteiger partial charge in [-0.2, -0.15) is 0 Å². The van der Waals surface area contributed by atoms with Crippen molar-refractivity contribution < 1.29 is 19.1 Å². The van der Waals surface area contributed by atoms with Gasteiger partial charge in [-0.15, -0.1) is 0 Å². The fourth-order valence-corrected chi connectivity index (χ4v) is 2.53. The van der Waals surface area contributed by atoms with Crippen LogP contribution in [0, 0.1) is 5.82 Å². The van der Waals surface area contributed by atoms with Gasteiger partial charge in [0.05, 0.1) is 17.8 Å². The number of rotatable bonds is 3. The summed E-state index contributed by atoms with van der Waals surface area (Å²) in [6.07, 6.45) is 0.537. The minimum Gasteiger partial charge on any atom is -0.505 e. The SMILES string of the molecule is CN1C/C(=C(/O)c2ccc(Cc3ccc(F)cc3)[nH]2)C(=O)C1=O. The zero-order valence-corrected chi connectivity index (χ0v) is 12.5. The third-order valence-corrected chi connectivity index (χ3v) is 3.81. The highest BCUT2D eigenvalue weighted by Crippen LogP contribution is 2.22. The van der Waals surface area contributed by atoms with Crippen LogP contribution in [0.5, 0.6) is 0 Å². The monoisotopic (exact) mass is 314 g/mol. The topological polar surface area (TPSA) is 73.4 Å². The lowest BCUT2D eigenvalue weighted by Gasteiger charge is -2.04. The number of hydrogen-bond acceptors (Lipinski definition) is 3. The molecule has 0 bridgehead atoms. The molecular weight excluding hydrogens is 299 g/mol. The van der Waals surface area contributed by atoms with Gasteiger partial charge in [-0.05, 0) is 29.8 Å². The molecule has 2 aromatic rings. The number of halogens is 1. The molecule has 0 atom stereocenters. The van der Waals surface area contributed by atoms with Crippen molar-refractivity contribution in [3.63, 3.8) is 0 Å². The molecule has 6 heteroatoms. The first kappa shape index (κ1) is 15.0. The van der Waals surface area contributed by atoms with Crippen LogP contribution in [0.3, 0.4) is 0 Å². The number of likely N-dealkylation sites (N-methyl/N-ethyl adjacent to an activating group) is 1. The summed E-state index contributed by atoms with van der Waals surface area (Å²) in [5.74, 6) is -1.81. The molecule has 1 saturated heterocycles. The molecule has 118 valence electrons. The molecule has 1 aromatic heterocycles. The van der Waals surface area contributed by atoms with E-state index in [1.807, 2.05) is 0 Å². The van der Waals surface area contributed by atoms with Gasteiger partial charge in [-0.3, -0.25) is 9.59 Å². The van der Waals surface area contributed by atoms with Crippen molar-refractivity contribution in [1.82, 2.24) is 9.88 Å². The molecule has 2 N–H and O–H groups in total. The van der Waals surface area contributed by atoms with Crippen molar-refractivity contribution in [2.24, 2.45) is 0 Å². The molecule has 1 amide bonds. The second-order valence-electron chi connectivity index (χ2n) is 5.52. The van der Waals surface area contributed by atoms with Gasteiger partial charge < -0.3 is 15.0 Å². The van der Waals surface area contributed by atoms with Crippen LogP contribution in [0.1, 0.15) is 17.0 Å². The first-order valence-electron chi connectivity index (χ1n) is 7.10. The number of aromatic nitrogens is 1. The fourth-order valence-electron chi connectivity index (χ4n) is 2.53. The average Bonchev–Trinajstić information content (AvgIpc) is 3.10. The summed E-state index contributed by atoms with van der Waals surface area (Å²) < 4.78 is 12.9. The number of amides is 1. The summed E-state index contributed by atoms with van der Waals surface area (Å²) in [7, 11) is 1.51. The van der Waals surface area contributed by atoms with Crippen LogP contribution in [-0.2, 0) is 16.0 Å². The molecule has 1 fully saturated rings. The van der Waals surface area contributed by atoms with E-state index >= 15 is 0 Å². The number of aliphatic hydroxyl groups excluding tert-OH is 1. The Morgan fingerprint density at radius 3 is 2.52 bits per heavy atom. The van der Waals surface area contributed by atoms with Crippen molar-refractivity contribution in [3.8, 4) is 0 Å². The Morgan fingerprint density at radius 1 is 1.22 bits per heavy atom. The molecule has 23 heavy (non-hydrogen) atoms. The summed E-state index contributed by atoms with van der Waals surface area (Å²) in [6, 6.07) is 9.57. The number of likely N-dealkylation sites (tertiary alicyclic amines) is 1. The fraction of sp³-hybridized carbons (Fsp3) is 0.176. The lowest BCUT2D eigenvalue weighted by Crippen LogP contribution is -2.22. The van der Waals surface area contributed by atoms with Gasteiger partial charge in [0, 0.05) is 19.2 Å². The molecule has 2 heterocycles. The van der Waals surface area contributed by atoms with E-state index < -0.39 is 11.7 Å². The van der Waals surface area contributed by atoms with Crippen molar-refractivity contribution in [2.45, 2.75) is 6.42 Å². The number of nitrogens with zero attached hydrogens (tertiary/aromatic N) is 1. The molecule has 1 aromatic carbocycles. The van der Waals surface area contributed by atoms with Gasteiger partial charge >= 0.3 is 0 Å². The first-order chi connectivity index (χ1) is 11.0. The van der Waals surface area contributed by atoms with E-state index in [0.717, 1.165) is 11.3 Å². The second kappa shape index (κ2) is 5.72. The van der Waals surface area contributed by atoms with Gasteiger partial charge in [0.2, 0.25) is 0 Å². The number of carbonyl (C=O) groups is 2. The zero-order chi connectivity index (χ0) is 16.6. The normalized spacial score (nSPS) is 17.0. The lowest BCUT2D eigenvalue weighted by atomic mass is 10.1. The molecule has 0 unspecified atom stereocenters. The largest absolute Gasteiger partial charge is 0.505 e. The van der Waals surface area contributed by atoms with E-state index in [1.54, 1.807) is 24.3 Å². The number of aliphatic hydroxyl groups is 1. The maximum Gasteiger partial charge on any atom is 0.294 e. The molecule has 1 aliphatic rings. The van der Waals surface area contributed by atoms with Gasteiger partial charge in [0.25, 0.3) is 11.7 Å². The number of Topliss-reactive ketones (excluding diaryl/α,β-unsaturated/α-hetero) is 1. The summed E-state index contributed by atoms with van der Waals surface area (Å²) in [4.78, 5) is 27.6. The Balaban J connectivity index is 1.83. The van der Waals surface area contributed by atoms with Crippen LogP contribution < -0.4 is 0 Å².